The Balaban J connectivity index is 2.69. The molecule has 1 atom stereocenters. The molecule has 1 amide bonds. The van der Waals surface area contributed by atoms with E-state index >= 15 is 0 Å². The molecule has 0 spiro atoms. The highest BCUT2D eigenvalue weighted by atomic mass is 28.3. The molecule has 0 aliphatic rings. The molecule has 0 heterocycles. The number of ketones is 1. The lowest BCUT2D eigenvalue weighted by molar-refractivity contribution is -0.121. The van der Waals surface area contributed by atoms with Gasteiger partial charge in [-0.1, -0.05) is 55.9 Å². The molecule has 0 saturated heterocycles. The second-order valence-electron chi connectivity index (χ2n) is 6.21. The number of carbonyl (C=O) groups is 2. The van der Waals surface area contributed by atoms with Crippen LogP contribution in [-0.4, -0.2) is 25.8 Å². The van der Waals surface area contributed by atoms with Crippen LogP contribution in [0.15, 0.2) is 30.3 Å². The molecular weight excluding hydrogens is 278 g/mol. The molecule has 4 heteroatoms. The summed E-state index contributed by atoms with van der Waals surface area (Å²) in [6.45, 7) is 7.93. The van der Waals surface area contributed by atoms with Crippen LogP contribution in [0.3, 0.4) is 0 Å². The lowest BCUT2D eigenvalue weighted by atomic mass is 10.1. The predicted molar refractivity (Wildman–Crippen MR) is 88.5 cm³/mol. The molecule has 0 saturated carbocycles. The second kappa shape index (κ2) is 7.80. The summed E-state index contributed by atoms with van der Waals surface area (Å²) in [6.07, 6.45) is 0.571. The van der Waals surface area contributed by atoms with E-state index in [1.807, 2.05) is 30.3 Å². The zero-order chi connectivity index (χ0) is 15.9. The fourth-order valence-electron chi connectivity index (χ4n) is 1.76. The van der Waals surface area contributed by atoms with Crippen molar-refractivity contribution in [3.63, 3.8) is 0 Å². The molecule has 112 valence electrons. The van der Waals surface area contributed by atoms with E-state index in [0.717, 1.165) is 5.56 Å². The minimum atomic E-state index is -1.52. The summed E-state index contributed by atoms with van der Waals surface area (Å²) in [6, 6.07) is 9.16. The molecule has 1 N–H and O–H groups in total. The highest BCUT2D eigenvalue weighted by molar-refractivity contribution is 6.83. The van der Waals surface area contributed by atoms with Crippen molar-refractivity contribution in [3.05, 3.63) is 35.9 Å². The van der Waals surface area contributed by atoms with Crippen molar-refractivity contribution in [1.29, 1.82) is 0 Å². The van der Waals surface area contributed by atoms with E-state index in [0.29, 0.717) is 6.42 Å². The molecule has 0 unspecified atom stereocenters. The van der Waals surface area contributed by atoms with Gasteiger partial charge < -0.3 is 5.32 Å². The number of carbonyl (C=O) groups excluding carboxylic acids is 2. The van der Waals surface area contributed by atoms with E-state index in [1.165, 1.54) is 6.92 Å². The Bertz CT molecular complexity index is 550. The molecule has 1 aromatic carbocycles. The van der Waals surface area contributed by atoms with Crippen molar-refractivity contribution in [1.82, 2.24) is 5.32 Å². The Kier molecular flexibility index (Phi) is 6.38. The van der Waals surface area contributed by atoms with Crippen LogP contribution in [0.4, 0.5) is 0 Å². The third kappa shape index (κ3) is 8.11. The molecule has 0 bridgehead atoms. The number of hydrogen-bond donors (Lipinski definition) is 1. The topological polar surface area (TPSA) is 46.2 Å². The Labute approximate surface area is 128 Å². The van der Waals surface area contributed by atoms with Gasteiger partial charge in [-0.2, -0.15) is 0 Å². The van der Waals surface area contributed by atoms with Crippen LogP contribution in [0.5, 0.6) is 0 Å². The van der Waals surface area contributed by atoms with Crippen LogP contribution < -0.4 is 5.32 Å². The van der Waals surface area contributed by atoms with E-state index in [4.69, 9.17) is 0 Å². The molecule has 1 rings (SSSR count). The second-order valence-corrected chi connectivity index (χ2v) is 11.0. The van der Waals surface area contributed by atoms with Gasteiger partial charge in [-0.15, -0.1) is 5.54 Å². The largest absolute Gasteiger partial charge is 0.342 e. The zero-order valence-electron chi connectivity index (χ0n) is 13.2. The lowest BCUT2D eigenvalue weighted by Gasteiger charge is -2.13. The average Bonchev–Trinajstić information content (AvgIpc) is 2.35. The van der Waals surface area contributed by atoms with Gasteiger partial charge in [0.2, 0.25) is 5.91 Å². The number of rotatable bonds is 5. The van der Waals surface area contributed by atoms with Crippen molar-refractivity contribution in [2.75, 3.05) is 0 Å². The van der Waals surface area contributed by atoms with Crippen LogP contribution in [0, 0.1) is 11.5 Å². The lowest BCUT2D eigenvalue weighted by Crippen LogP contribution is -2.36. The fraction of sp³-hybridized carbons (Fsp3) is 0.412. The van der Waals surface area contributed by atoms with Gasteiger partial charge in [-0.05, 0) is 12.5 Å². The van der Waals surface area contributed by atoms with E-state index in [-0.39, 0.29) is 24.2 Å². The number of hydrogen-bond acceptors (Lipinski definition) is 2. The van der Waals surface area contributed by atoms with Gasteiger partial charge in [0.05, 0.1) is 12.5 Å². The van der Waals surface area contributed by atoms with Crippen molar-refractivity contribution in [2.45, 2.75) is 45.4 Å². The van der Waals surface area contributed by atoms with Crippen LogP contribution in [0.2, 0.25) is 19.6 Å². The van der Waals surface area contributed by atoms with Gasteiger partial charge in [0.25, 0.3) is 0 Å². The Hall–Kier alpha value is -1.86. The van der Waals surface area contributed by atoms with Gasteiger partial charge in [0.1, 0.15) is 13.9 Å². The standard InChI is InChI=1S/C17H23NO2Si/c1-14(19)12-16(10-11-21(2,3)4)18-17(20)13-15-8-6-5-7-9-15/h5-9,16H,12-13H2,1-4H3,(H,18,20)/t16-/m1/s1. The van der Waals surface area contributed by atoms with E-state index in [2.05, 4.69) is 36.4 Å². The monoisotopic (exact) mass is 301 g/mol. The molecule has 0 fully saturated rings. The van der Waals surface area contributed by atoms with Crippen LogP contribution >= 0.6 is 0 Å². The molecule has 1 aromatic rings. The molecule has 0 aliphatic carbocycles. The maximum absolute atomic E-state index is 12.1. The maximum atomic E-state index is 12.1. The van der Waals surface area contributed by atoms with Crippen molar-refractivity contribution in [2.24, 2.45) is 0 Å². The van der Waals surface area contributed by atoms with E-state index in [9.17, 15) is 9.59 Å². The van der Waals surface area contributed by atoms with Crippen LogP contribution in [0.1, 0.15) is 18.9 Å². The summed E-state index contributed by atoms with van der Waals surface area (Å²) in [7, 11) is -1.52. The van der Waals surface area contributed by atoms with Gasteiger partial charge >= 0.3 is 0 Å². The summed E-state index contributed by atoms with van der Waals surface area (Å²) >= 11 is 0. The highest BCUT2D eigenvalue weighted by Gasteiger charge is 2.14. The van der Waals surface area contributed by atoms with Crippen LogP contribution in [0.25, 0.3) is 0 Å². The third-order valence-corrected chi connectivity index (χ3v) is 3.55. The highest BCUT2D eigenvalue weighted by Crippen LogP contribution is 2.02. The summed E-state index contributed by atoms with van der Waals surface area (Å²) < 4.78 is 0. The summed E-state index contributed by atoms with van der Waals surface area (Å²) in [5, 5.41) is 2.86. The quantitative estimate of drug-likeness (QED) is 0.671. The normalized spacial score (nSPS) is 12.0. The van der Waals surface area contributed by atoms with Crippen molar-refractivity contribution >= 4 is 19.8 Å². The summed E-state index contributed by atoms with van der Waals surface area (Å²) in [5.41, 5.74) is 4.17. The third-order valence-electron chi connectivity index (χ3n) is 2.66. The first kappa shape index (κ1) is 17.2. The molecule has 21 heavy (non-hydrogen) atoms. The minimum absolute atomic E-state index is 0.0323. The van der Waals surface area contributed by atoms with Gasteiger partial charge in [-0.3, -0.25) is 9.59 Å². The zero-order valence-corrected chi connectivity index (χ0v) is 14.2. The van der Waals surface area contributed by atoms with E-state index < -0.39 is 8.07 Å². The smallest absolute Gasteiger partial charge is 0.225 e. The first-order valence-electron chi connectivity index (χ1n) is 7.12. The number of nitrogens with one attached hydrogen (secondary N) is 1. The first-order valence-corrected chi connectivity index (χ1v) is 10.6. The van der Waals surface area contributed by atoms with E-state index in [1.54, 1.807) is 0 Å². The van der Waals surface area contributed by atoms with Crippen molar-refractivity contribution < 1.29 is 9.59 Å². The SMILES string of the molecule is CC(=O)C[C@@H](C#C[Si](C)(C)C)NC(=O)Cc1ccccc1. The number of amides is 1. The van der Waals surface area contributed by atoms with Gasteiger partial charge in [0, 0.05) is 6.42 Å². The molecule has 0 aliphatic heterocycles. The maximum Gasteiger partial charge on any atom is 0.225 e. The molecule has 0 aromatic heterocycles. The molecular formula is C17H23NO2Si. The first-order chi connectivity index (χ1) is 9.76. The average molecular weight is 301 g/mol. The predicted octanol–water partition coefficient (Wildman–Crippen LogP) is 2.57. The van der Waals surface area contributed by atoms with Gasteiger partial charge in [0.15, 0.2) is 0 Å². The summed E-state index contributed by atoms with van der Waals surface area (Å²) in [5.74, 6) is 3.00. The molecule has 3 nitrogen and oxygen atoms in total. The molecule has 0 radical (unpaired) electrons. The minimum Gasteiger partial charge on any atom is -0.342 e. The number of benzene rings is 1. The van der Waals surface area contributed by atoms with Crippen molar-refractivity contribution in [3.8, 4) is 11.5 Å². The van der Waals surface area contributed by atoms with Crippen LogP contribution in [-0.2, 0) is 16.0 Å². The Morgan fingerprint density at radius 1 is 1.19 bits per heavy atom. The van der Waals surface area contributed by atoms with Gasteiger partial charge in [-0.25, -0.2) is 0 Å². The Morgan fingerprint density at radius 3 is 2.33 bits per heavy atom. The number of Topliss-reactive ketones (excluding diaryl/α,β-unsaturated/α-hetero) is 1. The Morgan fingerprint density at radius 2 is 1.81 bits per heavy atom. The summed E-state index contributed by atoms with van der Waals surface area (Å²) in [4.78, 5) is 23.4. The fourth-order valence-corrected chi connectivity index (χ4v) is 2.36.